The normalized spacial score (nSPS) is 16.7. The topological polar surface area (TPSA) is 59.9 Å². The first-order valence-electron chi connectivity index (χ1n) is 8.05. The van der Waals surface area contributed by atoms with Gasteiger partial charge in [0.25, 0.3) is 5.91 Å². The Hall–Kier alpha value is -2.07. The molecule has 0 spiro atoms. The number of amidine groups is 1. The van der Waals surface area contributed by atoms with Crippen LogP contribution in [0.25, 0.3) is 6.08 Å². The lowest BCUT2D eigenvalue weighted by molar-refractivity contribution is -0.115. The molecule has 1 aliphatic heterocycles. The Kier molecular flexibility index (Phi) is 6.38. The Bertz CT molecular complexity index is 929. The highest BCUT2D eigenvalue weighted by atomic mass is 127. The molecule has 0 saturated carbocycles. The molecule has 8 heteroatoms. The maximum Gasteiger partial charge on any atom is 0.264 e. The molecule has 3 rings (SSSR count). The molecule has 5 nitrogen and oxygen atoms in total. The molecule has 2 aromatic carbocycles. The van der Waals surface area contributed by atoms with Crippen LogP contribution in [0.4, 0.5) is 10.1 Å². The summed E-state index contributed by atoms with van der Waals surface area (Å²) in [6.45, 7) is 2.45. The monoisotopic (exact) mass is 498 g/mol. The number of amides is 1. The third-order valence-electron chi connectivity index (χ3n) is 3.55. The lowest BCUT2D eigenvalue weighted by Gasteiger charge is -2.12. The summed E-state index contributed by atoms with van der Waals surface area (Å²) in [6.07, 6.45) is 1.77. The molecule has 1 N–H and O–H groups in total. The third kappa shape index (κ3) is 4.81. The van der Waals surface area contributed by atoms with E-state index in [1.54, 1.807) is 25.3 Å². The first kappa shape index (κ1) is 19.7. The number of hydrogen-bond acceptors (Lipinski definition) is 5. The van der Waals surface area contributed by atoms with Gasteiger partial charge >= 0.3 is 0 Å². The molecule has 0 bridgehead atoms. The van der Waals surface area contributed by atoms with Gasteiger partial charge in [0, 0.05) is 0 Å². The van der Waals surface area contributed by atoms with Crippen molar-refractivity contribution in [1.82, 2.24) is 5.32 Å². The lowest BCUT2D eigenvalue weighted by Crippen LogP contribution is -2.19. The highest BCUT2D eigenvalue weighted by Gasteiger charge is 2.24. The number of aliphatic imine (C=N–C) groups is 1. The molecule has 0 aliphatic carbocycles. The largest absolute Gasteiger partial charge is 0.493 e. The maximum absolute atomic E-state index is 13.0. The number of thioether (sulfide) groups is 1. The Labute approximate surface area is 174 Å². The van der Waals surface area contributed by atoms with Crippen LogP contribution in [0.1, 0.15) is 12.5 Å². The fourth-order valence-electron chi connectivity index (χ4n) is 2.37. The maximum atomic E-state index is 13.0. The van der Waals surface area contributed by atoms with Crippen molar-refractivity contribution in [3.05, 3.63) is 56.3 Å². The first-order valence-corrected chi connectivity index (χ1v) is 9.95. The Morgan fingerprint density at radius 3 is 2.70 bits per heavy atom. The van der Waals surface area contributed by atoms with Gasteiger partial charge in [-0.25, -0.2) is 9.38 Å². The van der Waals surface area contributed by atoms with Crippen LogP contribution in [-0.2, 0) is 4.79 Å². The highest BCUT2D eigenvalue weighted by molar-refractivity contribution is 14.1. The molecule has 1 saturated heterocycles. The molecule has 1 fully saturated rings. The number of rotatable bonds is 5. The molecule has 1 heterocycles. The molecule has 0 unspecified atom stereocenters. The molecule has 1 aliphatic rings. The van der Waals surface area contributed by atoms with E-state index in [0.29, 0.717) is 33.9 Å². The summed E-state index contributed by atoms with van der Waals surface area (Å²) in [5.74, 6) is 0.731. The Morgan fingerprint density at radius 2 is 2.04 bits per heavy atom. The molecule has 0 aromatic heterocycles. The fourth-order valence-corrected chi connectivity index (χ4v) is 4.00. The highest BCUT2D eigenvalue weighted by Crippen LogP contribution is 2.36. The predicted molar refractivity (Wildman–Crippen MR) is 114 cm³/mol. The van der Waals surface area contributed by atoms with Crippen molar-refractivity contribution >= 4 is 57.2 Å². The second-order valence-electron chi connectivity index (χ2n) is 5.43. The van der Waals surface area contributed by atoms with E-state index in [9.17, 15) is 9.18 Å². The van der Waals surface area contributed by atoms with Crippen LogP contribution in [0.15, 0.2) is 46.3 Å². The average Bonchev–Trinajstić information content (AvgIpc) is 2.98. The number of methoxy groups -OCH3 is 1. The van der Waals surface area contributed by atoms with Crippen LogP contribution < -0.4 is 14.8 Å². The minimum Gasteiger partial charge on any atom is -0.493 e. The van der Waals surface area contributed by atoms with Crippen molar-refractivity contribution in [1.29, 1.82) is 0 Å². The summed E-state index contributed by atoms with van der Waals surface area (Å²) in [5.41, 5.74) is 1.39. The van der Waals surface area contributed by atoms with Gasteiger partial charge in [0.2, 0.25) is 0 Å². The third-order valence-corrected chi connectivity index (χ3v) is 5.26. The summed E-state index contributed by atoms with van der Waals surface area (Å²) >= 11 is 3.40. The number of benzene rings is 2. The van der Waals surface area contributed by atoms with Crippen molar-refractivity contribution in [3.63, 3.8) is 0 Å². The van der Waals surface area contributed by atoms with Crippen molar-refractivity contribution in [2.75, 3.05) is 13.7 Å². The molecule has 0 radical (unpaired) electrons. The van der Waals surface area contributed by atoms with E-state index >= 15 is 0 Å². The zero-order valence-corrected chi connectivity index (χ0v) is 17.6. The van der Waals surface area contributed by atoms with Crippen LogP contribution >= 0.6 is 34.4 Å². The van der Waals surface area contributed by atoms with Gasteiger partial charge in [-0.15, -0.1) is 0 Å². The van der Waals surface area contributed by atoms with Crippen LogP contribution in [-0.4, -0.2) is 24.8 Å². The number of nitrogens with one attached hydrogen (secondary N) is 1. The Morgan fingerprint density at radius 1 is 1.30 bits per heavy atom. The molecular weight excluding hydrogens is 482 g/mol. The fraction of sp³-hybridized carbons (Fsp3) is 0.158. The molecular formula is C19H16FIN2O3S. The minimum absolute atomic E-state index is 0.233. The SMILES string of the molecule is CCOc1c(I)cc(/C=C2\SC(=Nc3ccc(F)cc3)NC2=O)cc1OC. The van der Waals surface area contributed by atoms with Crippen molar-refractivity contribution in [2.45, 2.75) is 6.92 Å². The molecule has 27 heavy (non-hydrogen) atoms. The average molecular weight is 498 g/mol. The quantitative estimate of drug-likeness (QED) is 0.479. The zero-order chi connectivity index (χ0) is 19.4. The van der Waals surface area contributed by atoms with Crippen LogP contribution in [0, 0.1) is 9.39 Å². The van der Waals surface area contributed by atoms with Crippen LogP contribution in [0.5, 0.6) is 11.5 Å². The number of halogens is 2. The van der Waals surface area contributed by atoms with Crippen molar-refractivity contribution < 1.29 is 18.7 Å². The van der Waals surface area contributed by atoms with Crippen molar-refractivity contribution in [3.8, 4) is 11.5 Å². The second-order valence-corrected chi connectivity index (χ2v) is 7.62. The van der Waals surface area contributed by atoms with Crippen LogP contribution in [0.3, 0.4) is 0 Å². The number of carbonyl (C=O) groups excluding carboxylic acids is 1. The summed E-state index contributed by atoms with van der Waals surface area (Å²) < 4.78 is 24.9. The van der Waals surface area contributed by atoms with E-state index in [1.165, 1.54) is 23.9 Å². The van der Waals surface area contributed by atoms with Gasteiger partial charge in [-0.2, -0.15) is 0 Å². The molecule has 2 aromatic rings. The van der Waals surface area contributed by atoms with Gasteiger partial charge in [-0.3, -0.25) is 4.79 Å². The van der Waals surface area contributed by atoms with E-state index < -0.39 is 0 Å². The van der Waals surface area contributed by atoms with Gasteiger partial charge in [-0.05, 0) is 89.3 Å². The summed E-state index contributed by atoms with van der Waals surface area (Å²) in [6, 6.07) is 9.50. The lowest BCUT2D eigenvalue weighted by atomic mass is 10.2. The van der Waals surface area contributed by atoms with E-state index in [1.807, 2.05) is 19.1 Å². The van der Waals surface area contributed by atoms with E-state index in [0.717, 1.165) is 9.13 Å². The predicted octanol–water partition coefficient (Wildman–Crippen LogP) is 4.73. The second kappa shape index (κ2) is 8.75. The number of carbonyl (C=O) groups is 1. The van der Waals surface area contributed by atoms with E-state index in [-0.39, 0.29) is 11.7 Å². The number of hydrogen-bond donors (Lipinski definition) is 1. The summed E-state index contributed by atoms with van der Waals surface area (Å²) in [5, 5.41) is 3.17. The van der Waals surface area contributed by atoms with Crippen LogP contribution in [0.2, 0.25) is 0 Å². The van der Waals surface area contributed by atoms with E-state index in [4.69, 9.17) is 9.47 Å². The number of nitrogens with zero attached hydrogens (tertiary/aromatic N) is 1. The van der Waals surface area contributed by atoms with Gasteiger partial charge in [0.1, 0.15) is 5.82 Å². The Balaban J connectivity index is 1.86. The number of ether oxygens (including phenoxy) is 2. The molecule has 1 amide bonds. The van der Waals surface area contributed by atoms with Gasteiger partial charge in [-0.1, -0.05) is 0 Å². The van der Waals surface area contributed by atoms with Gasteiger partial charge in [0.15, 0.2) is 16.7 Å². The van der Waals surface area contributed by atoms with E-state index in [2.05, 4.69) is 32.9 Å². The smallest absolute Gasteiger partial charge is 0.264 e. The summed E-state index contributed by atoms with van der Waals surface area (Å²) in [7, 11) is 1.58. The standard InChI is InChI=1S/C19H16FIN2O3S/c1-3-26-17-14(21)8-11(9-15(17)25-2)10-16-18(24)23-19(27-16)22-13-6-4-12(20)5-7-13/h4-10H,3H2,1-2H3,(H,22,23,24)/b16-10-. The first-order chi connectivity index (χ1) is 13.0. The molecule has 140 valence electrons. The van der Waals surface area contributed by atoms with Crippen molar-refractivity contribution in [2.24, 2.45) is 4.99 Å². The summed E-state index contributed by atoms with van der Waals surface area (Å²) in [4.78, 5) is 17.1. The molecule has 0 atom stereocenters. The zero-order valence-electron chi connectivity index (χ0n) is 14.6. The van der Waals surface area contributed by atoms with Gasteiger partial charge in [0.05, 0.1) is 27.9 Å². The minimum atomic E-state index is -0.332. The van der Waals surface area contributed by atoms with Gasteiger partial charge < -0.3 is 14.8 Å².